The molecule has 1 aromatic rings. The summed E-state index contributed by atoms with van der Waals surface area (Å²) in [4.78, 5) is 24.4. The summed E-state index contributed by atoms with van der Waals surface area (Å²) in [7, 11) is 0. The Balaban J connectivity index is 2.20. The van der Waals surface area contributed by atoms with Crippen LogP contribution in [0.1, 0.15) is 23.7 Å². The summed E-state index contributed by atoms with van der Waals surface area (Å²) in [6.07, 6.45) is 0.316. The van der Waals surface area contributed by atoms with Crippen LogP contribution in [0.25, 0.3) is 0 Å². The Morgan fingerprint density at radius 3 is 2.58 bits per heavy atom. The van der Waals surface area contributed by atoms with Crippen LogP contribution in [0.5, 0.6) is 0 Å². The summed E-state index contributed by atoms with van der Waals surface area (Å²) in [5.74, 6) is -3.29. The fraction of sp³-hybridized carbons (Fsp3) is 0.385. The smallest absolute Gasteiger partial charge is 0.311 e. The van der Waals surface area contributed by atoms with Crippen LogP contribution in [0.3, 0.4) is 0 Å². The molecule has 1 N–H and O–H groups in total. The molecular formula is C13H13F2NO3. The molecule has 1 amide bonds. The molecule has 0 bridgehead atoms. The number of carboxylic acids is 1. The summed E-state index contributed by atoms with van der Waals surface area (Å²) in [6, 6.07) is 2.71. The zero-order chi connectivity index (χ0) is 14.2. The molecule has 1 heterocycles. The molecular weight excluding hydrogens is 256 g/mol. The minimum absolute atomic E-state index is 0.0258. The Labute approximate surface area is 108 Å². The minimum atomic E-state index is -1.01. The molecule has 2 rings (SSSR count). The van der Waals surface area contributed by atoms with E-state index in [0.717, 1.165) is 12.1 Å². The van der Waals surface area contributed by atoms with Gasteiger partial charge in [0.15, 0.2) is 0 Å². The Morgan fingerprint density at radius 2 is 2.05 bits per heavy atom. The van der Waals surface area contributed by atoms with E-state index in [4.69, 9.17) is 5.11 Å². The molecule has 0 spiro atoms. The highest BCUT2D eigenvalue weighted by Gasteiger charge is 2.42. The molecule has 1 aromatic carbocycles. The van der Waals surface area contributed by atoms with E-state index in [1.807, 2.05) is 0 Å². The van der Waals surface area contributed by atoms with E-state index in [2.05, 4.69) is 0 Å². The number of halogens is 2. The van der Waals surface area contributed by atoms with Gasteiger partial charge >= 0.3 is 5.97 Å². The van der Waals surface area contributed by atoms with Gasteiger partial charge in [0, 0.05) is 19.2 Å². The highest BCUT2D eigenvalue weighted by molar-refractivity contribution is 5.95. The number of benzene rings is 1. The first kappa shape index (κ1) is 13.5. The summed E-state index contributed by atoms with van der Waals surface area (Å²) in [5, 5.41) is 9.07. The van der Waals surface area contributed by atoms with Crippen LogP contribution in [-0.2, 0) is 4.79 Å². The molecule has 1 aliphatic heterocycles. The Bertz CT molecular complexity index is 547. The van der Waals surface area contributed by atoms with E-state index in [-0.39, 0.29) is 18.7 Å². The fourth-order valence-electron chi connectivity index (χ4n) is 2.14. The van der Waals surface area contributed by atoms with Crippen LogP contribution < -0.4 is 0 Å². The third-order valence-electron chi connectivity index (χ3n) is 3.44. The monoisotopic (exact) mass is 269 g/mol. The molecule has 1 aliphatic rings. The van der Waals surface area contributed by atoms with Gasteiger partial charge in [0.1, 0.15) is 11.6 Å². The van der Waals surface area contributed by atoms with Crippen molar-refractivity contribution in [2.75, 3.05) is 13.1 Å². The Hall–Kier alpha value is -1.98. The molecule has 1 unspecified atom stereocenters. The standard InChI is InChI=1S/C13H13F2NO3/c1-13(12(18)19)4-5-16(7-13)11(17)9-3-2-8(14)6-10(9)15/h2-3,6H,4-5,7H2,1H3,(H,18,19). The highest BCUT2D eigenvalue weighted by Crippen LogP contribution is 2.31. The molecule has 6 heteroatoms. The van der Waals surface area contributed by atoms with Crippen molar-refractivity contribution >= 4 is 11.9 Å². The van der Waals surface area contributed by atoms with Crippen molar-refractivity contribution in [1.82, 2.24) is 4.90 Å². The predicted octanol–water partition coefficient (Wildman–Crippen LogP) is 1.90. The van der Waals surface area contributed by atoms with Crippen LogP contribution in [0.4, 0.5) is 8.78 Å². The second kappa shape index (κ2) is 4.60. The van der Waals surface area contributed by atoms with Crippen LogP contribution >= 0.6 is 0 Å². The lowest BCUT2D eigenvalue weighted by Crippen LogP contribution is -2.35. The van der Waals surface area contributed by atoms with Gasteiger partial charge in [-0.2, -0.15) is 0 Å². The lowest BCUT2D eigenvalue weighted by molar-refractivity contribution is -0.147. The topological polar surface area (TPSA) is 57.6 Å². The number of likely N-dealkylation sites (tertiary alicyclic amines) is 1. The number of carbonyl (C=O) groups excluding carboxylic acids is 1. The number of aliphatic carboxylic acids is 1. The van der Waals surface area contributed by atoms with Crippen molar-refractivity contribution in [3.8, 4) is 0 Å². The summed E-state index contributed by atoms with van der Waals surface area (Å²) in [6.45, 7) is 1.82. The van der Waals surface area contributed by atoms with Crippen molar-refractivity contribution in [2.45, 2.75) is 13.3 Å². The summed E-state index contributed by atoms with van der Waals surface area (Å²) >= 11 is 0. The maximum atomic E-state index is 13.5. The molecule has 0 radical (unpaired) electrons. The molecule has 1 fully saturated rings. The molecule has 102 valence electrons. The average molecular weight is 269 g/mol. The first-order valence-corrected chi connectivity index (χ1v) is 5.81. The van der Waals surface area contributed by atoms with Crippen molar-refractivity contribution in [3.63, 3.8) is 0 Å². The maximum Gasteiger partial charge on any atom is 0.311 e. The number of rotatable bonds is 2. The third kappa shape index (κ3) is 2.43. The van der Waals surface area contributed by atoms with Gasteiger partial charge in [-0.15, -0.1) is 0 Å². The number of carbonyl (C=O) groups is 2. The van der Waals surface area contributed by atoms with Crippen molar-refractivity contribution in [2.24, 2.45) is 5.41 Å². The van der Waals surface area contributed by atoms with Crippen LogP contribution in [0.2, 0.25) is 0 Å². The van der Waals surface area contributed by atoms with Crippen LogP contribution in [0, 0.1) is 17.0 Å². The SMILES string of the molecule is CC1(C(=O)O)CCN(C(=O)c2ccc(F)cc2F)C1. The maximum absolute atomic E-state index is 13.5. The zero-order valence-corrected chi connectivity index (χ0v) is 10.3. The largest absolute Gasteiger partial charge is 0.481 e. The second-order valence-corrected chi connectivity index (χ2v) is 4.97. The Morgan fingerprint density at radius 1 is 1.37 bits per heavy atom. The van der Waals surface area contributed by atoms with Gasteiger partial charge < -0.3 is 10.0 Å². The van der Waals surface area contributed by atoms with Gasteiger partial charge in [0.25, 0.3) is 5.91 Å². The van der Waals surface area contributed by atoms with E-state index in [1.165, 1.54) is 4.90 Å². The molecule has 0 aliphatic carbocycles. The Kier molecular flexibility index (Phi) is 3.26. The van der Waals surface area contributed by atoms with Crippen molar-refractivity contribution in [1.29, 1.82) is 0 Å². The summed E-state index contributed by atoms with van der Waals surface area (Å²) < 4.78 is 26.3. The molecule has 1 atom stereocenters. The first-order chi connectivity index (χ1) is 8.83. The molecule has 4 nitrogen and oxygen atoms in total. The van der Waals surface area contributed by atoms with Gasteiger partial charge in [-0.1, -0.05) is 0 Å². The lowest BCUT2D eigenvalue weighted by Gasteiger charge is -2.20. The minimum Gasteiger partial charge on any atom is -0.481 e. The van der Waals surface area contributed by atoms with Crippen LogP contribution in [0.15, 0.2) is 18.2 Å². The number of hydrogen-bond acceptors (Lipinski definition) is 2. The number of amides is 1. The summed E-state index contributed by atoms with van der Waals surface area (Å²) in [5.41, 5.74) is -1.25. The number of hydrogen-bond donors (Lipinski definition) is 1. The second-order valence-electron chi connectivity index (χ2n) is 4.97. The van der Waals surface area contributed by atoms with Gasteiger partial charge in [0.05, 0.1) is 11.0 Å². The third-order valence-corrected chi connectivity index (χ3v) is 3.44. The number of carboxylic acid groups (broad SMARTS) is 1. The van der Waals surface area contributed by atoms with Crippen molar-refractivity contribution < 1.29 is 23.5 Å². The van der Waals surface area contributed by atoms with Crippen molar-refractivity contribution in [3.05, 3.63) is 35.4 Å². The predicted molar refractivity (Wildman–Crippen MR) is 62.6 cm³/mol. The van der Waals surface area contributed by atoms with E-state index in [9.17, 15) is 18.4 Å². The first-order valence-electron chi connectivity index (χ1n) is 5.81. The number of nitrogens with zero attached hydrogens (tertiary/aromatic N) is 1. The van der Waals surface area contributed by atoms with Gasteiger partial charge in [-0.25, -0.2) is 8.78 Å². The lowest BCUT2D eigenvalue weighted by atomic mass is 9.90. The molecule has 0 saturated carbocycles. The normalized spacial score (nSPS) is 22.6. The fourth-order valence-corrected chi connectivity index (χ4v) is 2.14. The van der Waals surface area contributed by atoms with E-state index in [0.29, 0.717) is 12.5 Å². The molecule has 1 saturated heterocycles. The highest BCUT2D eigenvalue weighted by atomic mass is 19.1. The van der Waals surface area contributed by atoms with Crippen LogP contribution in [-0.4, -0.2) is 35.0 Å². The zero-order valence-electron chi connectivity index (χ0n) is 10.3. The van der Waals surface area contributed by atoms with Gasteiger partial charge in [0.2, 0.25) is 0 Å². The molecule has 0 aromatic heterocycles. The van der Waals surface area contributed by atoms with E-state index in [1.54, 1.807) is 6.92 Å². The van der Waals surface area contributed by atoms with Gasteiger partial charge in [-0.3, -0.25) is 9.59 Å². The van der Waals surface area contributed by atoms with Gasteiger partial charge in [-0.05, 0) is 25.5 Å². The van der Waals surface area contributed by atoms with E-state index >= 15 is 0 Å². The van der Waals surface area contributed by atoms with E-state index < -0.39 is 28.9 Å². The average Bonchev–Trinajstić information content (AvgIpc) is 2.73. The molecule has 19 heavy (non-hydrogen) atoms. The quantitative estimate of drug-likeness (QED) is 0.892.